The standard InChI is InChI=1S/C9H11N3O2/c10-8(13)12(9(11)14)6-7-4-2-1-3-5-7/h1-5H,6H2,(H2,10,13)(H2,11,14). The Bertz CT molecular complexity index is 323. The SMILES string of the molecule is NC(=O)N(Cc1ccccc1)C(N)=O. The first-order valence-electron chi connectivity index (χ1n) is 4.01. The normalized spacial score (nSPS) is 9.43. The van der Waals surface area contributed by atoms with Gasteiger partial charge in [-0.25, -0.2) is 14.5 Å². The number of hydrogen-bond donors (Lipinski definition) is 2. The fraction of sp³-hybridized carbons (Fsp3) is 0.111. The number of carbonyl (C=O) groups is 2. The van der Waals surface area contributed by atoms with Gasteiger partial charge in [-0.05, 0) is 5.56 Å². The molecule has 0 aliphatic heterocycles. The minimum absolute atomic E-state index is 0.103. The minimum Gasteiger partial charge on any atom is -0.351 e. The van der Waals surface area contributed by atoms with E-state index in [9.17, 15) is 9.59 Å². The Morgan fingerprint density at radius 1 is 1.07 bits per heavy atom. The van der Waals surface area contributed by atoms with Gasteiger partial charge in [-0.2, -0.15) is 0 Å². The van der Waals surface area contributed by atoms with Gasteiger partial charge in [0.05, 0.1) is 6.54 Å². The summed E-state index contributed by atoms with van der Waals surface area (Å²) in [5, 5.41) is 0. The van der Waals surface area contributed by atoms with Crippen LogP contribution in [0.3, 0.4) is 0 Å². The van der Waals surface area contributed by atoms with Crippen LogP contribution in [0, 0.1) is 0 Å². The van der Waals surface area contributed by atoms with Crippen molar-refractivity contribution >= 4 is 12.1 Å². The van der Waals surface area contributed by atoms with E-state index in [0.717, 1.165) is 10.5 Å². The van der Waals surface area contributed by atoms with Crippen molar-refractivity contribution < 1.29 is 9.59 Å². The lowest BCUT2D eigenvalue weighted by Gasteiger charge is -2.15. The Hall–Kier alpha value is -2.04. The van der Waals surface area contributed by atoms with E-state index in [1.807, 2.05) is 6.07 Å². The molecule has 0 radical (unpaired) electrons. The van der Waals surface area contributed by atoms with E-state index in [4.69, 9.17) is 11.5 Å². The summed E-state index contributed by atoms with van der Waals surface area (Å²) in [6, 6.07) is 7.30. The molecule has 0 aliphatic carbocycles. The van der Waals surface area contributed by atoms with E-state index in [1.54, 1.807) is 24.3 Å². The van der Waals surface area contributed by atoms with E-state index in [1.165, 1.54) is 0 Å². The van der Waals surface area contributed by atoms with Crippen LogP contribution in [0.2, 0.25) is 0 Å². The molecule has 0 fully saturated rings. The summed E-state index contributed by atoms with van der Waals surface area (Å²) in [6.45, 7) is 0.103. The van der Waals surface area contributed by atoms with Gasteiger partial charge in [-0.15, -0.1) is 0 Å². The number of carbonyl (C=O) groups excluding carboxylic acids is 2. The third-order valence-electron chi connectivity index (χ3n) is 1.72. The maximum atomic E-state index is 10.8. The molecule has 0 saturated carbocycles. The molecule has 4 N–H and O–H groups in total. The molecule has 1 aromatic carbocycles. The summed E-state index contributed by atoms with van der Waals surface area (Å²) in [7, 11) is 0. The molecule has 0 heterocycles. The molecule has 0 saturated heterocycles. The van der Waals surface area contributed by atoms with Gasteiger partial charge in [0.15, 0.2) is 0 Å². The molecule has 4 amide bonds. The second-order valence-corrected chi connectivity index (χ2v) is 2.75. The topological polar surface area (TPSA) is 89.4 Å². The third kappa shape index (κ3) is 2.48. The van der Waals surface area contributed by atoms with Crippen molar-refractivity contribution in [2.24, 2.45) is 11.5 Å². The Morgan fingerprint density at radius 2 is 1.57 bits per heavy atom. The lowest BCUT2D eigenvalue weighted by molar-refractivity contribution is 0.195. The summed E-state index contributed by atoms with van der Waals surface area (Å²) in [4.78, 5) is 22.4. The predicted molar refractivity (Wildman–Crippen MR) is 51.2 cm³/mol. The summed E-state index contributed by atoms with van der Waals surface area (Å²) in [5.41, 5.74) is 10.7. The number of nitrogens with two attached hydrogens (primary N) is 2. The molecule has 0 unspecified atom stereocenters. The Balaban J connectivity index is 2.75. The van der Waals surface area contributed by atoms with E-state index >= 15 is 0 Å². The zero-order valence-electron chi connectivity index (χ0n) is 7.51. The van der Waals surface area contributed by atoms with Crippen molar-refractivity contribution in [1.29, 1.82) is 0 Å². The van der Waals surface area contributed by atoms with Crippen molar-refractivity contribution in [3.63, 3.8) is 0 Å². The molecule has 5 heteroatoms. The maximum Gasteiger partial charge on any atom is 0.323 e. The largest absolute Gasteiger partial charge is 0.351 e. The summed E-state index contributed by atoms with van der Waals surface area (Å²) >= 11 is 0. The first kappa shape index (κ1) is 10.0. The Labute approximate surface area is 81.3 Å². The van der Waals surface area contributed by atoms with Gasteiger partial charge in [-0.1, -0.05) is 30.3 Å². The van der Waals surface area contributed by atoms with Crippen LogP contribution in [0.15, 0.2) is 30.3 Å². The quantitative estimate of drug-likeness (QED) is 0.721. The number of nitrogens with zero attached hydrogens (tertiary/aromatic N) is 1. The van der Waals surface area contributed by atoms with Crippen LogP contribution in [0.25, 0.3) is 0 Å². The van der Waals surface area contributed by atoms with Gasteiger partial charge in [0.2, 0.25) is 0 Å². The second-order valence-electron chi connectivity index (χ2n) is 2.75. The second kappa shape index (κ2) is 4.27. The van der Waals surface area contributed by atoms with Gasteiger partial charge >= 0.3 is 12.1 Å². The van der Waals surface area contributed by atoms with E-state index in [0.29, 0.717) is 0 Å². The van der Waals surface area contributed by atoms with Gasteiger partial charge in [-0.3, -0.25) is 0 Å². The number of benzene rings is 1. The van der Waals surface area contributed by atoms with Crippen molar-refractivity contribution in [2.45, 2.75) is 6.54 Å². The zero-order valence-corrected chi connectivity index (χ0v) is 7.51. The van der Waals surface area contributed by atoms with Crippen molar-refractivity contribution in [3.05, 3.63) is 35.9 Å². The number of hydrogen-bond acceptors (Lipinski definition) is 2. The van der Waals surface area contributed by atoms with Crippen LogP contribution in [0.5, 0.6) is 0 Å². The van der Waals surface area contributed by atoms with Crippen LogP contribution in [-0.4, -0.2) is 17.0 Å². The molecule has 0 atom stereocenters. The lowest BCUT2D eigenvalue weighted by atomic mass is 10.2. The molecule has 0 aliphatic rings. The fourth-order valence-corrected chi connectivity index (χ4v) is 1.03. The van der Waals surface area contributed by atoms with Crippen molar-refractivity contribution in [1.82, 2.24) is 4.90 Å². The van der Waals surface area contributed by atoms with Crippen LogP contribution >= 0.6 is 0 Å². The number of amides is 4. The number of urea groups is 2. The monoisotopic (exact) mass is 193 g/mol. The Kier molecular flexibility index (Phi) is 3.06. The first-order chi connectivity index (χ1) is 6.61. The highest BCUT2D eigenvalue weighted by Gasteiger charge is 2.15. The number of primary amides is 2. The lowest BCUT2D eigenvalue weighted by Crippen LogP contribution is -2.43. The molecule has 74 valence electrons. The van der Waals surface area contributed by atoms with Gasteiger partial charge in [0, 0.05) is 0 Å². The van der Waals surface area contributed by atoms with Crippen LogP contribution in [-0.2, 0) is 6.54 Å². The highest BCUT2D eigenvalue weighted by Crippen LogP contribution is 2.03. The van der Waals surface area contributed by atoms with E-state index in [2.05, 4.69) is 0 Å². The predicted octanol–water partition coefficient (Wildman–Crippen LogP) is 0.646. The zero-order chi connectivity index (χ0) is 10.6. The molecule has 0 spiro atoms. The van der Waals surface area contributed by atoms with Gasteiger partial charge in [0.25, 0.3) is 0 Å². The third-order valence-corrected chi connectivity index (χ3v) is 1.72. The molecule has 0 aromatic heterocycles. The molecule has 14 heavy (non-hydrogen) atoms. The molecular weight excluding hydrogens is 182 g/mol. The Morgan fingerprint density at radius 3 is 2.00 bits per heavy atom. The molecule has 1 rings (SSSR count). The van der Waals surface area contributed by atoms with E-state index in [-0.39, 0.29) is 6.54 Å². The first-order valence-corrected chi connectivity index (χ1v) is 4.01. The van der Waals surface area contributed by atoms with Crippen molar-refractivity contribution in [3.8, 4) is 0 Å². The average molecular weight is 193 g/mol. The summed E-state index contributed by atoms with van der Waals surface area (Å²) in [6.07, 6.45) is 0. The number of imide groups is 1. The smallest absolute Gasteiger partial charge is 0.323 e. The maximum absolute atomic E-state index is 10.8. The highest BCUT2D eigenvalue weighted by molar-refractivity contribution is 5.91. The minimum atomic E-state index is -0.846. The summed E-state index contributed by atoms with van der Waals surface area (Å²) < 4.78 is 0. The highest BCUT2D eigenvalue weighted by atomic mass is 16.2. The molecule has 1 aromatic rings. The van der Waals surface area contributed by atoms with Gasteiger partial charge in [0.1, 0.15) is 0 Å². The van der Waals surface area contributed by atoms with Crippen LogP contribution < -0.4 is 11.5 Å². The average Bonchev–Trinajstić information content (AvgIpc) is 2.15. The molecular formula is C9H11N3O2. The van der Waals surface area contributed by atoms with Crippen LogP contribution in [0.4, 0.5) is 9.59 Å². The number of rotatable bonds is 2. The van der Waals surface area contributed by atoms with Gasteiger partial charge < -0.3 is 11.5 Å². The molecule has 0 bridgehead atoms. The fourth-order valence-electron chi connectivity index (χ4n) is 1.03. The molecule has 5 nitrogen and oxygen atoms in total. The summed E-state index contributed by atoms with van der Waals surface area (Å²) in [5.74, 6) is 0. The van der Waals surface area contributed by atoms with Crippen molar-refractivity contribution in [2.75, 3.05) is 0 Å². The van der Waals surface area contributed by atoms with Crippen LogP contribution in [0.1, 0.15) is 5.56 Å². The van der Waals surface area contributed by atoms with E-state index < -0.39 is 12.1 Å².